The first kappa shape index (κ1) is 35.3. The molecular formula is C18H44N6O12. The van der Waals surface area contributed by atoms with Crippen LogP contribution >= 0.6 is 0 Å². The molecule has 4 unspecified atom stereocenters. The van der Waals surface area contributed by atoms with Gasteiger partial charge in [-0.25, -0.2) is 35.4 Å². The minimum absolute atomic E-state index is 0.0653. The highest BCUT2D eigenvalue weighted by Gasteiger charge is 2.38. The smallest absolute Gasteiger partial charge is 0.115 e. The van der Waals surface area contributed by atoms with E-state index in [1.165, 1.54) is 0 Å². The highest BCUT2D eigenvalue weighted by molar-refractivity contribution is 4.87. The Hall–Kier alpha value is -0.720. The molecule has 18 nitrogen and oxygen atoms in total. The van der Waals surface area contributed by atoms with Crippen LogP contribution in [-0.2, 0) is 57.4 Å². The predicted molar refractivity (Wildman–Crippen MR) is 121 cm³/mol. The maximum atomic E-state index is 6.07. The van der Waals surface area contributed by atoms with Crippen molar-refractivity contribution in [1.82, 2.24) is 0 Å². The molecule has 0 aromatic carbocycles. The van der Waals surface area contributed by atoms with Crippen LogP contribution in [-0.4, -0.2) is 117 Å². The van der Waals surface area contributed by atoms with Gasteiger partial charge in [-0.15, -0.1) is 0 Å². The molecule has 0 aromatic heterocycles. The molecule has 18 heteroatoms. The Kier molecular flexibility index (Phi) is 26.8. The molecule has 0 spiro atoms. The summed E-state index contributed by atoms with van der Waals surface area (Å²) < 4.78 is 35.3. The third-order valence-electron chi connectivity index (χ3n) is 4.40. The van der Waals surface area contributed by atoms with Crippen molar-refractivity contribution < 1.29 is 57.4 Å². The van der Waals surface area contributed by atoms with E-state index in [1.807, 2.05) is 0 Å². The largest absolute Gasteiger partial charge is 0.376 e. The summed E-state index contributed by atoms with van der Waals surface area (Å²) in [6.45, 7) is 1.71. The van der Waals surface area contributed by atoms with Crippen molar-refractivity contribution in [1.29, 1.82) is 0 Å². The number of ether oxygens (including phenoxy) is 6. The number of rotatable bonds is 29. The van der Waals surface area contributed by atoms with Crippen molar-refractivity contribution in [3.8, 4) is 0 Å². The van der Waals surface area contributed by atoms with Gasteiger partial charge in [-0.1, -0.05) is 0 Å². The zero-order valence-corrected chi connectivity index (χ0v) is 20.6. The zero-order chi connectivity index (χ0) is 26.7. The van der Waals surface area contributed by atoms with Gasteiger partial charge in [-0.2, -0.15) is 0 Å². The van der Waals surface area contributed by atoms with E-state index in [1.54, 1.807) is 0 Å². The van der Waals surface area contributed by atoms with Gasteiger partial charge >= 0.3 is 0 Å². The zero-order valence-electron chi connectivity index (χ0n) is 20.6. The fourth-order valence-corrected chi connectivity index (χ4v) is 2.88. The average Bonchev–Trinajstić information content (AvgIpc) is 2.88. The van der Waals surface area contributed by atoms with Gasteiger partial charge in [0.15, 0.2) is 0 Å². The SMILES string of the molecule is NOCCOCC(OCCON)C(OCCON)C(OCCON)C(COCCON)OCCON. The molecule has 0 heterocycles. The van der Waals surface area contributed by atoms with Crippen LogP contribution in [0.15, 0.2) is 0 Å². The summed E-state index contributed by atoms with van der Waals surface area (Å²) in [6.07, 6.45) is -3.01. The van der Waals surface area contributed by atoms with Crippen LogP contribution in [0, 0.1) is 0 Å². The lowest BCUT2D eigenvalue weighted by Gasteiger charge is -2.37. The summed E-state index contributed by atoms with van der Waals surface area (Å²) in [4.78, 5) is 27.6. The van der Waals surface area contributed by atoms with Crippen LogP contribution < -0.4 is 35.4 Å². The second-order valence-electron chi connectivity index (χ2n) is 6.86. The monoisotopic (exact) mass is 536 g/mol. The second-order valence-corrected chi connectivity index (χ2v) is 6.86. The van der Waals surface area contributed by atoms with Gasteiger partial charge in [0, 0.05) is 0 Å². The summed E-state index contributed by atoms with van der Waals surface area (Å²) >= 11 is 0. The van der Waals surface area contributed by atoms with Crippen molar-refractivity contribution in [2.24, 2.45) is 35.4 Å². The predicted octanol–water partition coefficient (Wildman–Crippen LogP) is -4.10. The number of nitrogens with two attached hydrogens (primary N) is 6. The Labute approximate surface area is 210 Å². The lowest BCUT2D eigenvalue weighted by atomic mass is 10.0. The van der Waals surface area contributed by atoms with Gasteiger partial charge in [0.2, 0.25) is 0 Å². The van der Waals surface area contributed by atoms with Gasteiger partial charge < -0.3 is 57.4 Å². The molecule has 0 fully saturated rings. The highest BCUT2D eigenvalue weighted by atomic mass is 16.7. The molecule has 0 saturated heterocycles. The second kappa shape index (κ2) is 27.3. The molecule has 0 amide bonds. The van der Waals surface area contributed by atoms with E-state index in [0.29, 0.717) is 0 Å². The summed E-state index contributed by atoms with van der Waals surface area (Å²) in [7, 11) is 0. The first-order valence-electron chi connectivity index (χ1n) is 11.2. The first-order chi connectivity index (χ1) is 17.7. The molecule has 0 aliphatic carbocycles. The van der Waals surface area contributed by atoms with Crippen LogP contribution in [0.3, 0.4) is 0 Å². The highest BCUT2D eigenvalue weighted by Crippen LogP contribution is 2.20. The molecule has 0 aliphatic rings. The Balaban J connectivity index is 5.87. The van der Waals surface area contributed by atoms with Gasteiger partial charge in [-0.05, 0) is 0 Å². The van der Waals surface area contributed by atoms with Gasteiger partial charge in [0.25, 0.3) is 0 Å². The molecule has 0 bridgehead atoms. The molecule has 0 aromatic rings. The topological polar surface area (TPSA) is 267 Å². The van der Waals surface area contributed by atoms with Gasteiger partial charge in [0.05, 0.1) is 92.5 Å². The standard InChI is InChI=1S/C18H44N6O12/c19-31-7-1-25-13-15(27-3-9-33-21)17(29-5-11-35-23)18(30-6-12-36-24)16(28-4-10-34-22)14-26-2-8-32-20/h15-18H,1-14,19-24H2. The Morgan fingerprint density at radius 3 is 0.917 bits per heavy atom. The van der Waals surface area contributed by atoms with E-state index in [2.05, 4.69) is 29.0 Å². The van der Waals surface area contributed by atoms with Crippen molar-refractivity contribution in [3.05, 3.63) is 0 Å². The average molecular weight is 537 g/mol. The van der Waals surface area contributed by atoms with Crippen LogP contribution in [0.2, 0.25) is 0 Å². The number of hydrogen-bond donors (Lipinski definition) is 6. The third kappa shape index (κ3) is 18.5. The van der Waals surface area contributed by atoms with Crippen molar-refractivity contribution in [2.75, 3.05) is 92.5 Å². The molecule has 0 rings (SSSR count). The summed E-state index contributed by atoms with van der Waals surface area (Å²) in [5.41, 5.74) is 0. The minimum Gasteiger partial charge on any atom is -0.376 e. The van der Waals surface area contributed by atoms with Gasteiger partial charge in [-0.3, -0.25) is 0 Å². The molecule has 0 aliphatic heterocycles. The lowest BCUT2D eigenvalue weighted by molar-refractivity contribution is -0.206. The van der Waals surface area contributed by atoms with Crippen molar-refractivity contribution >= 4 is 0 Å². The van der Waals surface area contributed by atoms with E-state index in [9.17, 15) is 0 Å². The van der Waals surface area contributed by atoms with E-state index < -0.39 is 24.4 Å². The molecule has 0 radical (unpaired) electrons. The molecule has 4 atom stereocenters. The fourth-order valence-electron chi connectivity index (χ4n) is 2.88. The van der Waals surface area contributed by atoms with Gasteiger partial charge in [0.1, 0.15) is 24.4 Å². The van der Waals surface area contributed by atoms with Crippen LogP contribution in [0.1, 0.15) is 0 Å². The molecule has 12 N–H and O–H groups in total. The fraction of sp³-hybridized carbons (Fsp3) is 1.00. The van der Waals surface area contributed by atoms with Crippen LogP contribution in [0.5, 0.6) is 0 Å². The minimum atomic E-state index is -0.798. The Bertz CT molecular complexity index is 413. The maximum Gasteiger partial charge on any atom is 0.115 e. The van der Waals surface area contributed by atoms with E-state index in [0.717, 1.165) is 0 Å². The first-order valence-corrected chi connectivity index (χ1v) is 11.2. The third-order valence-corrected chi connectivity index (χ3v) is 4.40. The Morgan fingerprint density at radius 1 is 0.333 bits per heavy atom. The van der Waals surface area contributed by atoms with Crippen LogP contribution in [0.25, 0.3) is 0 Å². The lowest BCUT2D eigenvalue weighted by Crippen LogP contribution is -2.53. The Morgan fingerprint density at radius 2 is 0.611 bits per heavy atom. The quantitative estimate of drug-likeness (QED) is 0.0391. The normalized spacial score (nSPS) is 15.2. The molecule has 0 saturated carbocycles. The van der Waals surface area contributed by atoms with Crippen LogP contribution in [0.4, 0.5) is 0 Å². The molecular weight excluding hydrogens is 492 g/mol. The summed E-state index contributed by atoms with van der Waals surface area (Å²) in [5, 5.41) is 0. The van der Waals surface area contributed by atoms with E-state index >= 15 is 0 Å². The van der Waals surface area contributed by atoms with E-state index in [-0.39, 0.29) is 92.5 Å². The molecule has 36 heavy (non-hydrogen) atoms. The van der Waals surface area contributed by atoms with E-state index in [4.69, 9.17) is 63.8 Å². The van der Waals surface area contributed by atoms with Crippen molar-refractivity contribution in [2.45, 2.75) is 24.4 Å². The van der Waals surface area contributed by atoms with Crippen molar-refractivity contribution in [3.63, 3.8) is 0 Å². The summed E-state index contributed by atoms with van der Waals surface area (Å²) in [5.74, 6) is 30.7. The molecule has 218 valence electrons. The number of hydrogen-bond acceptors (Lipinski definition) is 18. The maximum absolute atomic E-state index is 6.07. The summed E-state index contributed by atoms with van der Waals surface area (Å²) in [6, 6.07) is 0.